The molecule has 18 heavy (non-hydrogen) atoms. The molecule has 0 aromatic carbocycles. The molecule has 4 nitrogen and oxygen atoms in total. The van der Waals surface area contributed by atoms with Gasteiger partial charge in [-0.3, -0.25) is 4.79 Å². The van der Waals surface area contributed by atoms with Gasteiger partial charge >= 0.3 is 0 Å². The minimum atomic E-state index is -0.250. The van der Waals surface area contributed by atoms with Crippen LogP contribution >= 0.6 is 0 Å². The number of nitrogens with zero attached hydrogens (tertiary/aromatic N) is 2. The second-order valence-corrected chi connectivity index (χ2v) is 6.36. The largest absolute Gasteiger partial charge is 0.341 e. The minimum absolute atomic E-state index is 0.250. The van der Waals surface area contributed by atoms with Crippen LogP contribution in [0.4, 0.5) is 0 Å². The van der Waals surface area contributed by atoms with Crippen LogP contribution in [0.15, 0.2) is 0 Å². The Labute approximate surface area is 111 Å². The summed E-state index contributed by atoms with van der Waals surface area (Å²) in [5.74, 6) is 0.991. The first kappa shape index (κ1) is 13.8. The molecule has 2 fully saturated rings. The van der Waals surface area contributed by atoms with Crippen LogP contribution in [0.5, 0.6) is 0 Å². The van der Waals surface area contributed by atoms with E-state index in [1.54, 1.807) is 0 Å². The van der Waals surface area contributed by atoms with E-state index in [9.17, 15) is 4.79 Å². The maximum atomic E-state index is 12.5. The average molecular weight is 253 g/mol. The third-order valence-electron chi connectivity index (χ3n) is 4.29. The van der Waals surface area contributed by atoms with Crippen molar-refractivity contribution in [3.05, 3.63) is 0 Å². The molecular weight excluding hydrogens is 226 g/mol. The Morgan fingerprint density at radius 3 is 2.83 bits per heavy atom. The summed E-state index contributed by atoms with van der Waals surface area (Å²) >= 11 is 0. The van der Waals surface area contributed by atoms with E-state index in [1.807, 2.05) is 13.8 Å². The molecule has 0 aromatic heterocycles. The van der Waals surface area contributed by atoms with Crippen molar-refractivity contribution in [2.24, 2.45) is 11.3 Å². The summed E-state index contributed by atoms with van der Waals surface area (Å²) < 4.78 is 0. The van der Waals surface area contributed by atoms with Crippen molar-refractivity contribution >= 4 is 5.91 Å². The molecule has 1 N–H and O–H groups in total. The number of hydrogen-bond donors (Lipinski definition) is 1. The maximum Gasteiger partial charge on any atom is 0.229 e. The fraction of sp³-hybridized carbons (Fsp3) is 0.929. The third-order valence-corrected chi connectivity index (χ3v) is 4.29. The summed E-state index contributed by atoms with van der Waals surface area (Å²) in [6, 6.07) is 0. The van der Waals surface area contributed by atoms with Gasteiger partial charge < -0.3 is 15.1 Å². The van der Waals surface area contributed by atoms with Gasteiger partial charge in [-0.05, 0) is 39.3 Å². The lowest BCUT2D eigenvalue weighted by Crippen LogP contribution is -2.44. The molecule has 0 aliphatic carbocycles. The van der Waals surface area contributed by atoms with Crippen LogP contribution < -0.4 is 5.32 Å². The molecule has 0 aromatic rings. The second kappa shape index (κ2) is 5.57. The highest BCUT2D eigenvalue weighted by Gasteiger charge is 2.35. The molecule has 2 aliphatic rings. The molecule has 4 heteroatoms. The van der Waals surface area contributed by atoms with E-state index in [0.29, 0.717) is 11.8 Å². The molecule has 2 aliphatic heterocycles. The molecule has 1 amide bonds. The zero-order valence-corrected chi connectivity index (χ0v) is 12.0. The number of amides is 1. The lowest BCUT2D eigenvalue weighted by atomic mass is 9.91. The van der Waals surface area contributed by atoms with Gasteiger partial charge in [0.2, 0.25) is 5.91 Å². The predicted octanol–water partition coefficient (Wildman–Crippen LogP) is 0.786. The quantitative estimate of drug-likeness (QED) is 0.807. The number of carbonyl (C=O) groups excluding carboxylic acids is 1. The van der Waals surface area contributed by atoms with E-state index in [-0.39, 0.29) is 5.41 Å². The molecule has 1 atom stereocenters. The molecule has 2 rings (SSSR count). The van der Waals surface area contributed by atoms with Gasteiger partial charge in [-0.25, -0.2) is 0 Å². The van der Waals surface area contributed by atoms with Crippen LogP contribution in [0.1, 0.15) is 27.2 Å². The SMILES string of the molecule is CCN1CCC(CN2CCNCC(C)(C)C2=O)C1. The highest BCUT2D eigenvalue weighted by Crippen LogP contribution is 2.23. The number of likely N-dealkylation sites (tertiary alicyclic amines) is 1. The summed E-state index contributed by atoms with van der Waals surface area (Å²) in [5, 5.41) is 3.37. The summed E-state index contributed by atoms with van der Waals surface area (Å²) in [6.07, 6.45) is 1.24. The van der Waals surface area contributed by atoms with E-state index >= 15 is 0 Å². The van der Waals surface area contributed by atoms with Crippen LogP contribution in [-0.4, -0.2) is 61.5 Å². The third kappa shape index (κ3) is 3.04. The Hall–Kier alpha value is -0.610. The van der Waals surface area contributed by atoms with Crippen LogP contribution in [0.3, 0.4) is 0 Å². The van der Waals surface area contributed by atoms with Gasteiger partial charge in [0.25, 0.3) is 0 Å². The molecule has 2 saturated heterocycles. The maximum absolute atomic E-state index is 12.5. The standard InChI is InChI=1S/C14H27N3O/c1-4-16-7-5-12(9-16)10-17-8-6-15-11-14(2,3)13(17)18/h12,15H,4-11H2,1-3H3. The number of nitrogens with one attached hydrogen (secondary N) is 1. The lowest BCUT2D eigenvalue weighted by Gasteiger charge is -2.30. The molecule has 0 bridgehead atoms. The van der Waals surface area contributed by atoms with E-state index in [4.69, 9.17) is 0 Å². The van der Waals surface area contributed by atoms with E-state index in [2.05, 4.69) is 22.0 Å². The van der Waals surface area contributed by atoms with Crippen LogP contribution in [0, 0.1) is 11.3 Å². The lowest BCUT2D eigenvalue weighted by molar-refractivity contribution is -0.139. The van der Waals surface area contributed by atoms with Gasteiger partial charge in [-0.1, -0.05) is 6.92 Å². The molecular formula is C14H27N3O. The van der Waals surface area contributed by atoms with Gasteiger partial charge in [0, 0.05) is 32.7 Å². The van der Waals surface area contributed by atoms with E-state index < -0.39 is 0 Å². The molecule has 0 saturated carbocycles. The van der Waals surface area contributed by atoms with Gasteiger partial charge in [0.1, 0.15) is 0 Å². The number of hydrogen-bond acceptors (Lipinski definition) is 3. The molecule has 0 spiro atoms. The van der Waals surface area contributed by atoms with Crippen LogP contribution in [0.2, 0.25) is 0 Å². The summed E-state index contributed by atoms with van der Waals surface area (Å²) in [7, 11) is 0. The first-order valence-electron chi connectivity index (χ1n) is 7.25. The predicted molar refractivity (Wildman–Crippen MR) is 73.5 cm³/mol. The highest BCUT2D eigenvalue weighted by atomic mass is 16.2. The Bertz CT molecular complexity index is 303. The van der Waals surface area contributed by atoms with Crippen molar-refractivity contribution in [1.82, 2.24) is 15.1 Å². The first-order valence-corrected chi connectivity index (χ1v) is 7.25. The topological polar surface area (TPSA) is 35.6 Å². The van der Waals surface area contributed by atoms with Crippen molar-refractivity contribution in [3.8, 4) is 0 Å². The summed E-state index contributed by atoms with van der Waals surface area (Å²) in [5.41, 5.74) is -0.250. The minimum Gasteiger partial charge on any atom is -0.341 e. The summed E-state index contributed by atoms with van der Waals surface area (Å²) in [4.78, 5) is 17.0. The Balaban J connectivity index is 1.93. The fourth-order valence-corrected chi connectivity index (χ4v) is 3.06. The Morgan fingerprint density at radius 1 is 1.39 bits per heavy atom. The van der Waals surface area contributed by atoms with Crippen molar-refractivity contribution < 1.29 is 4.79 Å². The van der Waals surface area contributed by atoms with Crippen molar-refractivity contribution in [2.75, 3.05) is 45.8 Å². The van der Waals surface area contributed by atoms with Gasteiger partial charge in [0.15, 0.2) is 0 Å². The second-order valence-electron chi connectivity index (χ2n) is 6.36. The van der Waals surface area contributed by atoms with Gasteiger partial charge in [-0.15, -0.1) is 0 Å². The number of carbonyl (C=O) groups is 1. The van der Waals surface area contributed by atoms with Crippen LogP contribution in [-0.2, 0) is 4.79 Å². The van der Waals surface area contributed by atoms with Crippen LogP contribution in [0.25, 0.3) is 0 Å². The van der Waals surface area contributed by atoms with E-state index in [1.165, 1.54) is 13.0 Å². The molecule has 104 valence electrons. The fourth-order valence-electron chi connectivity index (χ4n) is 3.06. The van der Waals surface area contributed by atoms with Gasteiger partial charge in [0.05, 0.1) is 5.41 Å². The first-order chi connectivity index (χ1) is 8.53. The van der Waals surface area contributed by atoms with Crippen molar-refractivity contribution in [1.29, 1.82) is 0 Å². The normalized spacial score (nSPS) is 29.6. The Kier molecular flexibility index (Phi) is 4.28. The number of rotatable bonds is 3. The molecule has 0 radical (unpaired) electrons. The Morgan fingerprint density at radius 2 is 2.17 bits per heavy atom. The zero-order valence-electron chi connectivity index (χ0n) is 12.0. The van der Waals surface area contributed by atoms with E-state index in [0.717, 1.165) is 39.3 Å². The van der Waals surface area contributed by atoms with Gasteiger partial charge in [-0.2, -0.15) is 0 Å². The molecule has 1 unspecified atom stereocenters. The smallest absolute Gasteiger partial charge is 0.229 e. The molecule has 2 heterocycles. The van der Waals surface area contributed by atoms with Crippen molar-refractivity contribution in [3.63, 3.8) is 0 Å². The zero-order chi connectivity index (χ0) is 13.2. The monoisotopic (exact) mass is 253 g/mol. The highest BCUT2D eigenvalue weighted by molar-refractivity contribution is 5.82. The average Bonchev–Trinajstić information content (AvgIpc) is 2.75. The summed E-state index contributed by atoms with van der Waals surface area (Å²) in [6.45, 7) is 13.4. The van der Waals surface area contributed by atoms with Crippen molar-refractivity contribution in [2.45, 2.75) is 27.2 Å².